The number of carboxylic acid groups (broad SMARTS) is 1. The zero-order chi connectivity index (χ0) is 15.5. The summed E-state index contributed by atoms with van der Waals surface area (Å²) < 4.78 is 5.53. The third kappa shape index (κ3) is 2.98. The minimum Gasteiger partial charge on any atom is -0.491 e. The minimum absolute atomic E-state index is 0.158. The standard InChI is InChI=1S/C15H19N3O4/c19-14(20)10-3-7-18(8-4-10)15(21)17-11-5-9-22-12-2-1-6-16-13(11)12/h1-2,6,10-11H,3-5,7-9H2,(H,17,21)(H,19,20). The molecule has 0 aliphatic carbocycles. The van der Waals surface area contributed by atoms with Gasteiger partial charge in [-0.1, -0.05) is 0 Å². The van der Waals surface area contributed by atoms with Gasteiger partial charge in [0.25, 0.3) is 0 Å². The van der Waals surface area contributed by atoms with E-state index in [0.29, 0.717) is 44.7 Å². The Morgan fingerprint density at radius 1 is 1.32 bits per heavy atom. The number of nitrogens with zero attached hydrogens (tertiary/aromatic N) is 2. The van der Waals surface area contributed by atoms with Crippen LogP contribution in [0.3, 0.4) is 0 Å². The molecule has 0 bridgehead atoms. The number of rotatable bonds is 2. The van der Waals surface area contributed by atoms with Crippen LogP contribution in [-0.2, 0) is 4.79 Å². The molecule has 1 fully saturated rings. The van der Waals surface area contributed by atoms with Gasteiger partial charge in [0.1, 0.15) is 11.4 Å². The molecule has 0 aromatic carbocycles. The molecule has 0 spiro atoms. The maximum absolute atomic E-state index is 12.4. The van der Waals surface area contributed by atoms with Crippen molar-refractivity contribution < 1.29 is 19.4 Å². The van der Waals surface area contributed by atoms with E-state index in [9.17, 15) is 9.59 Å². The van der Waals surface area contributed by atoms with Gasteiger partial charge in [-0.25, -0.2) is 4.79 Å². The number of carbonyl (C=O) groups is 2. The van der Waals surface area contributed by atoms with Gasteiger partial charge in [-0.3, -0.25) is 9.78 Å². The van der Waals surface area contributed by atoms with Crippen molar-refractivity contribution in [3.05, 3.63) is 24.0 Å². The number of likely N-dealkylation sites (tertiary alicyclic amines) is 1. The Hall–Kier alpha value is -2.31. The van der Waals surface area contributed by atoms with E-state index >= 15 is 0 Å². The van der Waals surface area contributed by atoms with Crippen molar-refractivity contribution in [3.8, 4) is 5.75 Å². The van der Waals surface area contributed by atoms with E-state index in [1.165, 1.54) is 0 Å². The number of fused-ring (bicyclic) bond motifs is 1. The lowest BCUT2D eigenvalue weighted by Crippen LogP contribution is -2.47. The fraction of sp³-hybridized carbons (Fsp3) is 0.533. The van der Waals surface area contributed by atoms with Crippen LogP contribution >= 0.6 is 0 Å². The number of aliphatic carboxylic acids is 1. The Morgan fingerprint density at radius 2 is 2.09 bits per heavy atom. The number of carbonyl (C=O) groups excluding carboxylic acids is 1. The summed E-state index contributed by atoms with van der Waals surface area (Å²) in [5.41, 5.74) is 0.752. The molecule has 7 nitrogen and oxygen atoms in total. The number of pyridine rings is 1. The van der Waals surface area contributed by atoms with Gasteiger partial charge in [0, 0.05) is 25.7 Å². The second-order valence-corrected chi connectivity index (χ2v) is 5.63. The van der Waals surface area contributed by atoms with Crippen molar-refractivity contribution in [1.82, 2.24) is 15.2 Å². The molecule has 0 radical (unpaired) electrons. The molecule has 0 saturated carbocycles. The van der Waals surface area contributed by atoms with Gasteiger partial charge < -0.3 is 20.1 Å². The monoisotopic (exact) mass is 305 g/mol. The predicted octanol–water partition coefficient (Wildman–Crippen LogP) is 1.41. The second kappa shape index (κ2) is 6.21. The SMILES string of the molecule is O=C(O)C1CCN(C(=O)NC2CCOc3cccnc32)CC1. The first kappa shape index (κ1) is 14.6. The molecule has 2 aliphatic heterocycles. The van der Waals surface area contributed by atoms with E-state index in [4.69, 9.17) is 9.84 Å². The first-order valence-corrected chi connectivity index (χ1v) is 7.51. The molecule has 1 saturated heterocycles. The Kier molecular flexibility index (Phi) is 4.13. The smallest absolute Gasteiger partial charge is 0.317 e. The van der Waals surface area contributed by atoms with Crippen LogP contribution in [0.15, 0.2) is 18.3 Å². The number of aromatic nitrogens is 1. The van der Waals surface area contributed by atoms with E-state index in [-0.39, 0.29) is 18.0 Å². The van der Waals surface area contributed by atoms with Crippen molar-refractivity contribution in [2.45, 2.75) is 25.3 Å². The molecule has 1 unspecified atom stereocenters. The van der Waals surface area contributed by atoms with Crippen molar-refractivity contribution in [3.63, 3.8) is 0 Å². The highest BCUT2D eigenvalue weighted by Crippen LogP contribution is 2.29. The molecular formula is C15H19N3O4. The number of hydrogen-bond acceptors (Lipinski definition) is 4. The van der Waals surface area contributed by atoms with Crippen LogP contribution in [0.1, 0.15) is 31.0 Å². The van der Waals surface area contributed by atoms with Crippen LogP contribution in [0.5, 0.6) is 5.75 Å². The Bertz CT molecular complexity index is 570. The topological polar surface area (TPSA) is 91.8 Å². The summed E-state index contributed by atoms with van der Waals surface area (Å²) in [6, 6.07) is 3.33. The fourth-order valence-corrected chi connectivity index (χ4v) is 2.92. The van der Waals surface area contributed by atoms with Crippen molar-refractivity contribution in [2.75, 3.05) is 19.7 Å². The molecule has 3 heterocycles. The Balaban J connectivity index is 1.60. The quantitative estimate of drug-likeness (QED) is 0.862. The Morgan fingerprint density at radius 3 is 2.82 bits per heavy atom. The van der Waals surface area contributed by atoms with Crippen molar-refractivity contribution >= 4 is 12.0 Å². The number of nitrogens with one attached hydrogen (secondary N) is 1. The van der Waals surface area contributed by atoms with Crippen LogP contribution in [0, 0.1) is 5.92 Å². The third-order valence-corrected chi connectivity index (χ3v) is 4.22. The molecule has 1 atom stereocenters. The molecule has 1 aromatic rings. The molecule has 1 aromatic heterocycles. The van der Waals surface area contributed by atoms with Gasteiger partial charge in [-0.15, -0.1) is 0 Å². The van der Waals surface area contributed by atoms with Crippen LogP contribution < -0.4 is 10.1 Å². The number of hydrogen-bond donors (Lipinski definition) is 2. The van der Waals surface area contributed by atoms with E-state index in [1.807, 2.05) is 6.07 Å². The maximum atomic E-state index is 12.4. The molecule has 3 rings (SSSR count). The number of urea groups is 1. The maximum Gasteiger partial charge on any atom is 0.317 e. The second-order valence-electron chi connectivity index (χ2n) is 5.63. The van der Waals surface area contributed by atoms with Gasteiger partial charge in [0.05, 0.1) is 18.6 Å². The summed E-state index contributed by atoms with van der Waals surface area (Å²) in [5.74, 6) is -0.402. The first-order valence-electron chi connectivity index (χ1n) is 7.51. The Labute approximate surface area is 128 Å². The van der Waals surface area contributed by atoms with E-state index in [2.05, 4.69) is 10.3 Å². The molecular weight excluding hydrogens is 286 g/mol. The highest BCUT2D eigenvalue weighted by molar-refractivity contribution is 5.76. The van der Waals surface area contributed by atoms with Crippen LogP contribution in [-0.4, -0.2) is 46.7 Å². The molecule has 7 heteroatoms. The number of ether oxygens (including phenoxy) is 1. The summed E-state index contributed by atoms with van der Waals surface area (Å²) in [6.45, 7) is 1.49. The van der Waals surface area contributed by atoms with E-state index in [0.717, 1.165) is 5.69 Å². The fourth-order valence-electron chi connectivity index (χ4n) is 2.92. The molecule has 2 N–H and O–H groups in total. The van der Waals surface area contributed by atoms with Gasteiger partial charge >= 0.3 is 12.0 Å². The zero-order valence-corrected chi connectivity index (χ0v) is 12.2. The predicted molar refractivity (Wildman–Crippen MR) is 77.6 cm³/mol. The molecule has 2 amide bonds. The lowest BCUT2D eigenvalue weighted by atomic mass is 9.97. The molecule has 118 valence electrons. The highest BCUT2D eigenvalue weighted by Gasteiger charge is 2.30. The summed E-state index contributed by atoms with van der Waals surface area (Å²) in [6.07, 6.45) is 3.38. The number of amides is 2. The normalized spacial score (nSPS) is 21.6. The first-order chi connectivity index (χ1) is 10.6. The summed E-state index contributed by atoms with van der Waals surface area (Å²) in [5, 5.41) is 12.0. The van der Waals surface area contributed by atoms with Crippen LogP contribution in [0.4, 0.5) is 4.79 Å². The summed E-state index contributed by atoms with van der Waals surface area (Å²) >= 11 is 0. The highest BCUT2D eigenvalue weighted by atomic mass is 16.5. The zero-order valence-electron chi connectivity index (χ0n) is 12.2. The van der Waals surface area contributed by atoms with Gasteiger partial charge in [0.2, 0.25) is 0 Å². The van der Waals surface area contributed by atoms with Gasteiger partial charge in [0.15, 0.2) is 0 Å². The van der Waals surface area contributed by atoms with Gasteiger partial charge in [-0.2, -0.15) is 0 Å². The molecule has 22 heavy (non-hydrogen) atoms. The minimum atomic E-state index is -0.775. The lowest BCUT2D eigenvalue weighted by molar-refractivity contribution is -0.143. The number of piperidine rings is 1. The summed E-state index contributed by atoms with van der Waals surface area (Å²) in [4.78, 5) is 29.3. The van der Waals surface area contributed by atoms with Crippen molar-refractivity contribution in [1.29, 1.82) is 0 Å². The van der Waals surface area contributed by atoms with Gasteiger partial charge in [-0.05, 0) is 25.0 Å². The third-order valence-electron chi connectivity index (χ3n) is 4.22. The van der Waals surface area contributed by atoms with Crippen LogP contribution in [0.2, 0.25) is 0 Å². The van der Waals surface area contributed by atoms with E-state index < -0.39 is 5.97 Å². The average Bonchev–Trinajstić information content (AvgIpc) is 2.55. The molecule has 2 aliphatic rings. The lowest BCUT2D eigenvalue weighted by Gasteiger charge is -2.32. The largest absolute Gasteiger partial charge is 0.491 e. The number of carboxylic acids is 1. The summed E-state index contributed by atoms with van der Waals surface area (Å²) in [7, 11) is 0. The van der Waals surface area contributed by atoms with E-state index in [1.54, 1.807) is 17.2 Å². The average molecular weight is 305 g/mol. The van der Waals surface area contributed by atoms with Crippen molar-refractivity contribution in [2.24, 2.45) is 5.92 Å². The van der Waals surface area contributed by atoms with Crippen LogP contribution in [0.25, 0.3) is 0 Å².